The van der Waals surface area contributed by atoms with Crippen LogP contribution in [-0.2, 0) is 4.79 Å². The first-order chi connectivity index (χ1) is 8.81. The van der Waals surface area contributed by atoms with Crippen molar-refractivity contribution in [3.05, 3.63) is 39.4 Å². The Hall–Kier alpha value is -2.51. The van der Waals surface area contributed by atoms with E-state index in [0.29, 0.717) is 11.6 Å². The van der Waals surface area contributed by atoms with Crippen LogP contribution < -0.4 is 4.74 Å². The van der Waals surface area contributed by atoms with Gasteiger partial charge in [0.15, 0.2) is 0 Å². The first kappa shape index (κ1) is 14.6. The van der Waals surface area contributed by atoms with E-state index in [2.05, 4.69) is 4.74 Å². The number of carbonyl (C=O) groups is 1. The van der Waals surface area contributed by atoms with Gasteiger partial charge >= 0.3 is 18.3 Å². The van der Waals surface area contributed by atoms with Crippen LogP contribution in [0.2, 0.25) is 0 Å². The summed E-state index contributed by atoms with van der Waals surface area (Å²) in [5.41, 5.74) is -0.335. The van der Waals surface area contributed by atoms with Gasteiger partial charge in [0.2, 0.25) is 5.75 Å². The Morgan fingerprint density at radius 2 is 2.16 bits per heavy atom. The average molecular weight is 273 g/mol. The highest BCUT2D eigenvalue weighted by molar-refractivity contribution is 5.86. The number of carboxylic acids is 1. The Morgan fingerprint density at radius 3 is 2.63 bits per heavy atom. The average Bonchev–Trinajstić information content (AvgIpc) is 2.27. The van der Waals surface area contributed by atoms with E-state index < -0.39 is 28.9 Å². The van der Waals surface area contributed by atoms with Crippen molar-refractivity contribution in [3.8, 4) is 5.75 Å². The number of nitrogens with zero attached hydrogens (tertiary/aromatic N) is 1. The molecule has 0 spiro atoms. The molecule has 0 amide bonds. The zero-order valence-electron chi connectivity index (χ0n) is 9.67. The summed E-state index contributed by atoms with van der Waals surface area (Å²) < 4.78 is 28.6. The Bertz CT molecular complexity index is 542. The van der Waals surface area contributed by atoms with Gasteiger partial charge in [-0.05, 0) is 24.6 Å². The Labute approximate surface area is 106 Å². The monoisotopic (exact) mass is 273 g/mol. The molecular formula is C11H9F2NO5. The predicted molar refractivity (Wildman–Crippen MR) is 61.1 cm³/mol. The predicted octanol–water partition coefficient (Wildman–Crippen LogP) is 2.60. The summed E-state index contributed by atoms with van der Waals surface area (Å²) in [6.07, 6.45) is 1.64. The molecule has 1 aromatic carbocycles. The van der Waals surface area contributed by atoms with Crippen LogP contribution in [0.3, 0.4) is 0 Å². The Morgan fingerprint density at radius 1 is 1.53 bits per heavy atom. The molecule has 8 heteroatoms. The lowest BCUT2D eigenvalue weighted by atomic mass is 10.1. The molecule has 0 unspecified atom stereocenters. The minimum absolute atomic E-state index is 0.102. The zero-order chi connectivity index (χ0) is 14.6. The number of aryl methyl sites for hydroxylation is 1. The van der Waals surface area contributed by atoms with Gasteiger partial charge in [-0.15, -0.1) is 0 Å². The minimum Gasteiger partial charge on any atom is -0.478 e. The highest BCUT2D eigenvalue weighted by Gasteiger charge is 2.22. The molecule has 19 heavy (non-hydrogen) atoms. The summed E-state index contributed by atoms with van der Waals surface area (Å²) in [4.78, 5) is 20.3. The maximum atomic E-state index is 12.3. The van der Waals surface area contributed by atoms with E-state index >= 15 is 0 Å². The molecule has 0 heterocycles. The number of ether oxygens (including phenoxy) is 1. The zero-order valence-corrected chi connectivity index (χ0v) is 9.67. The van der Waals surface area contributed by atoms with E-state index in [0.717, 1.165) is 12.1 Å². The SMILES string of the molecule is Cc1cc(/C=C/C(=O)O)c(OC(F)F)c([N+](=O)[O-])c1. The second-order valence-corrected chi connectivity index (χ2v) is 3.51. The van der Waals surface area contributed by atoms with Crippen molar-refractivity contribution in [3.63, 3.8) is 0 Å². The Kier molecular flexibility index (Phi) is 4.51. The molecule has 0 aliphatic rings. The summed E-state index contributed by atoms with van der Waals surface area (Å²) in [5, 5.41) is 19.3. The molecular weight excluding hydrogens is 264 g/mol. The summed E-state index contributed by atoms with van der Waals surface area (Å²) in [6, 6.07) is 2.37. The molecule has 0 bridgehead atoms. The topological polar surface area (TPSA) is 89.7 Å². The smallest absolute Gasteiger partial charge is 0.387 e. The van der Waals surface area contributed by atoms with Gasteiger partial charge < -0.3 is 9.84 Å². The van der Waals surface area contributed by atoms with Crippen LogP contribution in [0.1, 0.15) is 11.1 Å². The molecule has 6 nitrogen and oxygen atoms in total. The second-order valence-electron chi connectivity index (χ2n) is 3.51. The number of carboxylic acid groups (broad SMARTS) is 1. The van der Waals surface area contributed by atoms with Gasteiger partial charge in [-0.2, -0.15) is 8.78 Å². The van der Waals surface area contributed by atoms with Crippen LogP contribution in [0.5, 0.6) is 5.75 Å². The third-order valence-corrected chi connectivity index (χ3v) is 2.05. The van der Waals surface area contributed by atoms with E-state index in [1.54, 1.807) is 0 Å². The van der Waals surface area contributed by atoms with Crippen LogP contribution in [-0.4, -0.2) is 22.6 Å². The van der Waals surface area contributed by atoms with Crippen molar-refractivity contribution in [2.45, 2.75) is 13.5 Å². The maximum absolute atomic E-state index is 12.3. The minimum atomic E-state index is -3.25. The van der Waals surface area contributed by atoms with Gasteiger partial charge in [0, 0.05) is 17.7 Å². The molecule has 1 rings (SSSR count). The second kappa shape index (κ2) is 5.89. The van der Waals surface area contributed by atoms with Crippen LogP contribution in [0, 0.1) is 17.0 Å². The molecule has 0 saturated carbocycles. The number of nitro groups is 1. The largest absolute Gasteiger partial charge is 0.478 e. The highest BCUT2D eigenvalue weighted by atomic mass is 19.3. The molecule has 0 fully saturated rings. The summed E-state index contributed by atoms with van der Waals surface area (Å²) in [5.74, 6) is -1.98. The lowest BCUT2D eigenvalue weighted by Gasteiger charge is -2.09. The van der Waals surface area contributed by atoms with Gasteiger partial charge in [0.25, 0.3) is 0 Å². The molecule has 0 saturated heterocycles. The highest BCUT2D eigenvalue weighted by Crippen LogP contribution is 2.34. The summed E-state index contributed by atoms with van der Waals surface area (Å²) in [7, 11) is 0. The number of hydrogen-bond donors (Lipinski definition) is 1. The quantitative estimate of drug-likeness (QED) is 0.506. The molecule has 0 atom stereocenters. The number of aliphatic carboxylic acids is 1. The van der Waals surface area contributed by atoms with Crippen LogP contribution in [0.15, 0.2) is 18.2 Å². The van der Waals surface area contributed by atoms with Gasteiger partial charge in [-0.1, -0.05) is 0 Å². The molecule has 0 aliphatic carbocycles. The van der Waals surface area contributed by atoms with Crippen molar-refractivity contribution in [2.75, 3.05) is 0 Å². The van der Waals surface area contributed by atoms with Crippen molar-refractivity contribution in [1.29, 1.82) is 0 Å². The van der Waals surface area contributed by atoms with Crippen molar-refractivity contribution in [1.82, 2.24) is 0 Å². The van der Waals surface area contributed by atoms with E-state index in [9.17, 15) is 23.7 Å². The molecule has 0 aromatic heterocycles. The number of halogens is 2. The van der Waals surface area contributed by atoms with Crippen LogP contribution in [0.4, 0.5) is 14.5 Å². The number of benzene rings is 1. The summed E-state index contributed by atoms with van der Waals surface area (Å²) >= 11 is 0. The van der Waals surface area contributed by atoms with E-state index in [1.165, 1.54) is 13.0 Å². The fourth-order valence-electron chi connectivity index (χ4n) is 1.42. The lowest BCUT2D eigenvalue weighted by molar-refractivity contribution is -0.386. The fraction of sp³-hybridized carbons (Fsp3) is 0.182. The first-order valence-electron chi connectivity index (χ1n) is 4.96. The number of alkyl halides is 2. The van der Waals surface area contributed by atoms with E-state index in [1.807, 2.05) is 0 Å². The van der Waals surface area contributed by atoms with Gasteiger partial charge in [0.05, 0.1) is 4.92 Å². The third-order valence-electron chi connectivity index (χ3n) is 2.05. The fourth-order valence-corrected chi connectivity index (χ4v) is 1.42. The van der Waals surface area contributed by atoms with Crippen LogP contribution in [0.25, 0.3) is 6.08 Å². The standard InChI is InChI=1S/C11H9F2NO5/c1-6-4-7(2-3-9(15)16)10(19-11(12)13)8(5-6)14(17)18/h2-5,11H,1H3,(H,15,16)/b3-2+. The first-order valence-corrected chi connectivity index (χ1v) is 4.96. The van der Waals surface area contributed by atoms with Crippen molar-refractivity contribution in [2.24, 2.45) is 0 Å². The number of rotatable bonds is 5. The summed E-state index contributed by atoms with van der Waals surface area (Å²) in [6.45, 7) is -1.74. The Balaban J connectivity index is 3.41. The van der Waals surface area contributed by atoms with Gasteiger partial charge in [-0.25, -0.2) is 4.79 Å². The third kappa shape index (κ3) is 4.02. The van der Waals surface area contributed by atoms with Crippen LogP contribution >= 0.6 is 0 Å². The van der Waals surface area contributed by atoms with E-state index in [4.69, 9.17) is 5.11 Å². The maximum Gasteiger partial charge on any atom is 0.387 e. The van der Waals surface area contributed by atoms with Gasteiger partial charge in [0.1, 0.15) is 0 Å². The van der Waals surface area contributed by atoms with Crippen molar-refractivity contribution >= 4 is 17.7 Å². The normalized spacial score (nSPS) is 10.9. The van der Waals surface area contributed by atoms with E-state index in [-0.39, 0.29) is 5.56 Å². The molecule has 0 radical (unpaired) electrons. The number of hydrogen-bond acceptors (Lipinski definition) is 4. The lowest BCUT2D eigenvalue weighted by Crippen LogP contribution is -2.06. The molecule has 102 valence electrons. The molecule has 1 N–H and O–H groups in total. The van der Waals surface area contributed by atoms with Crippen molar-refractivity contribution < 1.29 is 28.3 Å². The molecule has 1 aromatic rings. The molecule has 0 aliphatic heterocycles. The number of nitro benzene ring substituents is 1. The van der Waals surface area contributed by atoms with Gasteiger partial charge in [-0.3, -0.25) is 10.1 Å².